The summed E-state index contributed by atoms with van der Waals surface area (Å²) in [6, 6.07) is 0. The van der Waals surface area contributed by atoms with Crippen molar-refractivity contribution in [3.05, 3.63) is 0 Å². The predicted molar refractivity (Wildman–Crippen MR) is 64.4 cm³/mol. The number of nitrogens with two attached hydrogens (primary N) is 1. The van der Waals surface area contributed by atoms with Gasteiger partial charge >= 0.3 is 5.97 Å². The van der Waals surface area contributed by atoms with Crippen LogP contribution in [0.4, 0.5) is 0 Å². The van der Waals surface area contributed by atoms with Crippen molar-refractivity contribution in [2.45, 2.75) is 51.5 Å². The summed E-state index contributed by atoms with van der Waals surface area (Å²) in [4.78, 5) is 22.9. The zero-order chi connectivity index (χ0) is 13.1. The van der Waals surface area contributed by atoms with Gasteiger partial charge in [-0.1, -0.05) is 13.3 Å². The zero-order valence-corrected chi connectivity index (χ0v) is 10.6. The first-order valence-electron chi connectivity index (χ1n) is 6.12. The molecule has 0 heterocycles. The minimum Gasteiger partial charge on any atom is -0.480 e. The number of carboxylic acids is 1. The third kappa shape index (κ3) is 2.97. The highest BCUT2D eigenvalue weighted by Gasteiger charge is 2.40. The van der Waals surface area contributed by atoms with Crippen molar-refractivity contribution in [2.24, 2.45) is 11.1 Å². The molecule has 1 amide bonds. The molecular weight excluding hydrogens is 220 g/mol. The minimum absolute atomic E-state index is 0.0861. The summed E-state index contributed by atoms with van der Waals surface area (Å²) >= 11 is 0. The maximum atomic E-state index is 11.9. The van der Waals surface area contributed by atoms with Crippen LogP contribution in [-0.4, -0.2) is 29.1 Å². The van der Waals surface area contributed by atoms with Gasteiger partial charge in [0, 0.05) is 6.42 Å². The van der Waals surface area contributed by atoms with Crippen molar-refractivity contribution in [3.63, 3.8) is 0 Å². The second-order valence-electron chi connectivity index (χ2n) is 5.27. The molecule has 0 aromatic rings. The van der Waals surface area contributed by atoms with E-state index in [0.29, 0.717) is 19.4 Å². The Morgan fingerprint density at radius 1 is 1.47 bits per heavy atom. The van der Waals surface area contributed by atoms with Gasteiger partial charge in [-0.15, -0.1) is 0 Å². The van der Waals surface area contributed by atoms with E-state index in [1.165, 1.54) is 6.92 Å². The molecule has 1 unspecified atom stereocenters. The summed E-state index contributed by atoms with van der Waals surface area (Å²) in [7, 11) is 0. The average molecular weight is 242 g/mol. The number of carboxylic acid groups (broad SMARTS) is 1. The van der Waals surface area contributed by atoms with Crippen LogP contribution in [0.5, 0.6) is 0 Å². The Morgan fingerprint density at radius 3 is 2.35 bits per heavy atom. The van der Waals surface area contributed by atoms with Crippen LogP contribution in [-0.2, 0) is 9.59 Å². The molecule has 17 heavy (non-hydrogen) atoms. The Hall–Kier alpha value is -1.10. The third-order valence-electron chi connectivity index (χ3n) is 3.98. The fourth-order valence-electron chi connectivity index (χ4n) is 2.12. The maximum absolute atomic E-state index is 11.9. The predicted octanol–water partition coefficient (Wildman–Crippen LogP) is 0.875. The lowest BCUT2D eigenvalue weighted by Gasteiger charge is -2.41. The standard InChI is InChI=1S/C12H22N2O3/c1-3-11(2,10(16)17)14-9(15)7-12(8-13)5-4-6-12/h3-8,13H2,1-2H3,(H,14,15)(H,16,17). The van der Waals surface area contributed by atoms with Gasteiger partial charge in [0.2, 0.25) is 5.91 Å². The summed E-state index contributed by atoms with van der Waals surface area (Å²) in [6.07, 6.45) is 3.74. The van der Waals surface area contributed by atoms with Crippen LogP contribution >= 0.6 is 0 Å². The van der Waals surface area contributed by atoms with Gasteiger partial charge in [0.15, 0.2) is 0 Å². The highest BCUT2D eigenvalue weighted by atomic mass is 16.4. The van der Waals surface area contributed by atoms with E-state index in [1.807, 2.05) is 0 Å². The molecule has 1 aliphatic rings. The number of hydrogen-bond acceptors (Lipinski definition) is 3. The van der Waals surface area contributed by atoms with Crippen LogP contribution in [0.1, 0.15) is 46.0 Å². The van der Waals surface area contributed by atoms with E-state index in [0.717, 1.165) is 19.3 Å². The second kappa shape index (κ2) is 5.04. The lowest BCUT2D eigenvalue weighted by atomic mass is 9.66. The van der Waals surface area contributed by atoms with Crippen LogP contribution in [0.3, 0.4) is 0 Å². The second-order valence-corrected chi connectivity index (χ2v) is 5.27. The molecule has 0 aromatic heterocycles. The van der Waals surface area contributed by atoms with Crippen molar-refractivity contribution in [1.82, 2.24) is 5.32 Å². The van der Waals surface area contributed by atoms with Crippen molar-refractivity contribution >= 4 is 11.9 Å². The van der Waals surface area contributed by atoms with Crippen LogP contribution in [0.2, 0.25) is 0 Å². The van der Waals surface area contributed by atoms with Crippen LogP contribution < -0.4 is 11.1 Å². The molecule has 98 valence electrons. The molecule has 5 nitrogen and oxygen atoms in total. The Morgan fingerprint density at radius 2 is 2.06 bits per heavy atom. The van der Waals surface area contributed by atoms with Crippen molar-refractivity contribution in [3.8, 4) is 0 Å². The van der Waals surface area contributed by atoms with E-state index in [1.54, 1.807) is 6.92 Å². The molecule has 0 spiro atoms. The van der Waals surface area contributed by atoms with Crippen molar-refractivity contribution in [2.75, 3.05) is 6.54 Å². The third-order valence-corrected chi connectivity index (χ3v) is 3.98. The van der Waals surface area contributed by atoms with Gasteiger partial charge in [0.1, 0.15) is 5.54 Å². The Kier molecular flexibility index (Phi) is 4.14. The monoisotopic (exact) mass is 242 g/mol. The lowest BCUT2D eigenvalue weighted by Crippen LogP contribution is -2.53. The topological polar surface area (TPSA) is 92.4 Å². The van der Waals surface area contributed by atoms with E-state index in [2.05, 4.69) is 5.32 Å². The number of hydrogen-bond donors (Lipinski definition) is 3. The van der Waals surface area contributed by atoms with E-state index in [-0.39, 0.29) is 11.3 Å². The van der Waals surface area contributed by atoms with Gasteiger partial charge in [-0.05, 0) is 38.1 Å². The Bertz CT molecular complexity index is 307. The van der Waals surface area contributed by atoms with E-state index >= 15 is 0 Å². The molecule has 0 aromatic carbocycles. The molecule has 0 saturated heterocycles. The molecule has 0 bridgehead atoms. The molecule has 1 aliphatic carbocycles. The number of aliphatic carboxylic acids is 1. The molecule has 1 fully saturated rings. The van der Waals surface area contributed by atoms with Gasteiger partial charge in [-0.2, -0.15) is 0 Å². The first-order valence-corrected chi connectivity index (χ1v) is 6.12. The van der Waals surface area contributed by atoms with Crippen LogP contribution in [0.15, 0.2) is 0 Å². The zero-order valence-electron chi connectivity index (χ0n) is 10.6. The highest BCUT2D eigenvalue weighted by molar-refractivity contribution is 5.86. The molecule has 1 atom stereocenters. The van der Waals surface area contributed by atoms with Crippen molar-refractivity contribution in [1.29, 1.82) is 0 Å². The van der Waals surface area contributed by atoms with Crippen molar-refractivity contribution < 1.29 is 14.7 Å². The summed E-state index contributed by atoms with van der Waals surface area (Å²) in [5.74, 6) is -1.20. The number of rotatable bonds is 6. The van der Waals surface area contributed by atoms with E-state index in [9.17, 15) is 9.59 Å². The van der Waals surface area contributed by atoms with Crippen LogP contribution in [0, 0.1) is 5.41 Å². The summed E-state index contributed by atoms with van der Waals surface area (Å²) in [5, 5.41) is 11.7. The average Bonchev–Trinajstić information content (AvgIpc) is 2.23. The summed E-state index contributed by atoms with van der Waals surface area (Å²) < 4.78 is 0. The van der Waals surface area contributed by atoms with Gasteiger partial charge < -0.3 is 16.2 Å². The molecule has 1 saturated carbocycles. The van der Waals surface area contributed by atoms with Gasteiger partial charge in [0.05, 0.1) is 0 Å². The SMILES string of the molecule is CCC(C)(NC(=O)CC1(CN)CCC1)C(=O)O. The Balaban J connectivity index is 2.57. The lowest BCUT2D eigenvalue weighted by molar-refractivity contribution is -0.147. The molecule has 1 rings (SSSR count). The normalized spacial score (nSPS) is 21.1. The number of amides is 1. The maximum Gasteiger partial charge on any atom is 0.329 e. The quantitative estimate of drug-likeness (QED) is 0.644. The van der Waals surface area contributed by atoms with Gasteiger partial charge in [-0.3, -0.25) is 4.79 Å². The van der Waals surface area contributed by atoms with E-state index < -0.39 is 11.5 Å². The van der Waals surface area contributed by atoms with Gasteiger partial charge in [0.25, 0.3) is 0 Å². The first kappa shape index (κ1) is 14.0. The molecule has 0 aliphatic heterocycles. The molecule has 0 radical (unpaired) electrons. The summed E-state index contributed by atoms with van der Waals surface area (Å²) in [5.41, 5.74) is 4.42. The summed E-state index contributed by atoms with van der Waals surface area (Å²) in [6.45, 7) is 3.77. The largest absolute Gasteiger partial charge is 0.480 e. The van der Waals surface area contributed by atoms with Gasteiger partial charge in [-0.25, -0.2) is 4.79 Å². The van der Waals surface area contributed by atoms with Crippen LogP contribution in [0.25, 0.3) is 0 Å². The molecular formula is C12H22N2O3. The number of nitrogens with one attached hydrogen (secondary N) is 1. The van der Waals surface area contributed by atoms with E-state index in [4.69, 9.17) is 10.8 Å². The highest BCUT2D eigenvalue weighted by Crippen LogP contribution is 2.42. The molecule has 4 N–H and O–H groups in total. The smallest absolute Gasteiger partial charge is 0.329 e. The fourth-order valence-corrected chi connectivity index (χ4v) is 2.12. The minimum atomic E-state index is -1.17. The first-order chi connectivity index (χ1) is 7.87. The number of carbonyl (C=O) groups is 2. The molecule has 5 heteroatoms. The fraction of sp³-hybridized carbons (Fsp3) is 0.833. The Labute approximate surface area is 102 Å². The number of carbonyl (C=O) groups excluding carboxylic acids is 1.